The zero-order chi connectivity index (χ0) is 17.5. The van der Waals surface area contributed by atoms with Crippen molar-refractivity contribution in [2.45, 2.75) is 32.4 Å². The molecule has 1 unspecified atom stereocenters. The minimum absolute atomic E-state index is 0.274. The molecule has 0 radical (unpaired) electrons. The maximum atomic E-state index is 5.75. The number of fused-ring (bicyclic) bond motifs is 1. The van der Waals surface area contributed by atoms with E-state index in [2.05, 4.69) is 44.2 Å². The number of hydrogen-bond donors (Lipinski definition) is 2. The molecule has 2 aromatic rings. The van der Waals surface area contributed by atoms with Gasteiger partial charge in [-0.05, 0) is 31.9 Å². The van der Waals surface area contributed by atoms with E-state index in [1.54, 1.807) is 7.05 Å². The second kappa shape index (κ2) is 8.82. The van der Waals surface area contributed by atoms with Gasteiger partial charge in [0.15, 0.2) is 5.96 Å². The van der Waals surface area contributed by atoms with Crippen LogP contribution in [0.1, 0.15) is 24.2 Å². The molecule has 1 fully saturated rings. The van der Waals surface area contributed by atoms with Crippen LogP contribution in [-0.4, -0.2) is 54.9 Å². The summed E-state index contributed by atoms with van der Waals surface area (Å²) >= 11 is 0. The van der Waals surface area contributed by atoms with E-state index in [9.17, 15) is 0 Å². The molecule has 136 valence electrons. The Hall–Kier alpha value is -2.12. The summed E-state index contributed by atoms with van der Waals surface area (Å²) in [7, 11) is 1.77. The van der Waals surface area contributed by atoms with Crippen molar-refractivity contribution in [3.05, 3.63) is 35.8 Å². The molecular weight excluding hydrogens is 318 g/mol. The number of aromatic nitrogens is 2. The van der Waals surface area contributed by atoms with Crippen LogP contribution in [0, 0.1) is 6.92 Å². The Morgan fingerprint density at radius 2 is 2.36 bits per heavy atom. The lowest BCUT2D eigenvalue weighted by atomic mass is 10.3. The van der Waals surface area contributed by atoms with Crippen LogP contribution in [0.2, 0.25) is 0 Å². The average Bonchev–Trinajstić information content (AvgIpc) is 3.27. The van der Waals surface area contributed by atoms with Gasteiger partial charge in [-0.15, -0.1) is 0 Å². The number of aryl methyl sites for hydroxylation is 1. The molecule has 1 saturated heterocycles. The van der Waals surface area contributed by atoms with Gasteiger partial charge in [-0.25, -0.2) is 4.98 Å². The van der Waals surface area contributed by atoms with Crippen LogP contribution in [0.5, 0.6) is 0 Å². The van der Waals surface area contributed by atoms with Crippen molar-refractivity contribution in [3.63, 3.8) is 0 Å². The standard InChI is InChI=1S/C18H27N5O2/c1-14-5-3-6-17-22-15(12-23(14)17)11-21-18(19-2)20-8-4-9-25-16-7-10-24-13-16/h3,5-6,12,16H,4,7-11,13H2,1-2H3,(H2,19,20,21). The van der Waals surface area contributed by atoms with E-state index in [0.29, 0.717) is 6.54 Å². The number of imidazole rings is 1. The van der Waals surface area contributed by atoms with Gasteiger partial charge in [0, 0.05) is 38.7 Å². The molecular formula is C18H27N5O2. The van der Waals surface area contributed by atoms with Gasteiger partial charge in [0.1, 0.15) is 5.65 Å². The predicted molar refractivity (Wildman–Crippen MR) is 97.9 cm³/mol. The highest BCUT2D eigenvalue weighted by atomic mass is 16.5. The van der Waals surface area contributed by atoms with E-state index < -0.39 is 0 Å². The van der Waals surface area contributed by atoms with Crippen molar-refractivity contribution in [2.75, 3.05) is 33.4 Å². The van der Waals surface area contributed by atoms with Crippen LogP contribution in [0.25, 0.3) is 5.65 Å². The highest BCUT2D eigenvalue weighted by Gasteiger charge is 2.15. The zero-order valence-corrected chi connectivity index (χ0v) is 15.0. The van der Waals surface area contributed by atoms with Crippen LogP contribution in [0.4, 0.5) is 0 Å². The molecule has 0 bridgehead atoms. The highest BCUT2D eigenvalue weighted by Crippen LogP contribution is 2.09. The lowest BCUT2D eigenvalue weighted by molar-refractivity contribution is 0.0420. The number of nitrogens with zero attached hydrogens (tertiary/aromatic N) is 3. The van der Waals surface area contributed by atoms with E-state index in [1.165, 1.54) is 5.69 Å². The number of nitrogens with one attached hydrogen (secondary N) is 2. The fourth-order valence-electron chi connectivity index (χ4n) is 2.85. The van der Waals surface area contributed by atoms with E-state index in [4.69, 9.17) is 9.47 Å². The van der Waals surface area contributed by atoms with Gasteiger partial charge >= 0.3 is 0 Å². The molecule has 7 nitrogen and oxygen atoms in total. The minimum atomic E-state index is 0.274. The van der Waals surface area contributed by atoms with Crippen LogP contribution < -0.4 is 10.6 Å². The average molecular weight is 345 g/mol. The number of ether oxygens (including phenoxy) is 2. The Labute approximate surface area is 148 Å². The van der Waals surface area contributed by atoms with Gasteiger partial charge in [0.05, 0.1) is 24.9 Å². The molecule has 0 spiro atoms. The first-order valence-electron chi connectivity index (χ1n) is 8.84. The second-order valence-corrected chi connectivity index (χ2v) is 6.19. The van der Waals surface area contributed by atoms with E-state index >= 15 is 0 Å². The molecule has 1 aliphatic heterocycles. The van der Waals surface area contributed by atoms with Gasteiger partial charge in [0.2, 0.25) is 0 Å². The maximum Gasteiger partial charge on any atom is 0.191 e. The monoisotopic (exact) mass is 345 g/mol. The third-order valence-corrected chi connectivity index (χ3v) is 4.26. The van der Waals surface area contributed by atoms with Gasteiger partial charge < -0.3 is 24.5 Å². The third-order valence-electron chi connectivity index (χ3n) is 4.26. The molecule has 0 amide bonds. The van der Waals surface area contributed by atoms with Crippen molar-refractivity contribution >= 4 is 11.6 Å². The summed E-state index contributed by atoms with van der Waals surface area (Å²) in [5.74, 6) is 0.776. The molecule has 0 aliphatic carbocycles. The van der Waals surface area contributed by atoms with E-state index in [1.807, 2.05) is 12.1 Å². The van der Waals surface area contributed by atoms with Gasteiger partial charge in [-0.3, -0.25) is 4.99 Å². The first-order valence-corrected chi connectivity index (χ1v) is 8.84. The quantitative estimate of drug-likeness (QED) is 0.452. The Kier molecular flexibility index (Phi) is 6.25. The molecule has 0 aromatic carbocycles. The summed E-state index contributed by atoms with van der Waals surface area (Å²) in [6.07, 6.45) is 4.28. The highest BCUT2D eigenvalue weighted by molar-refractivity contribution is 5.79. The summed E-state index contributed by atoms with van der Waals surface area (Å²) in [6, 6.07) is 6.11. The molecule has 7 heteroatoms. The van der Waals surface area contributed by atoms with Crippen LogP contribution >= 0.6 is 0 Å². The lowest BCUT2D eigenvalue weighted by Crippen LogP contribution is -2.37. The van der Waals surface area contributed by atoms with Gasteiger partial charge in [-0.1, -0.05) is 6.07 Å². The van der Waals surface area contributed by atoms with Crippen molar-refractivity contribution in [1.29, 1.82) is 0 Å². The SMILES string of the molecule is CN=C(NCCCOC1CCOC1)NCc1cn2c(C)cccc2n1. The third kappa shape index (κ3) is 4.93. The number of guanidine groups is 1. The van der Waals surface area contributed by atoms with Crippen molar-refractivity contribution in [1.82, 2.24) is 20.0 Å². The Balaban J connectivity index is 1.38. The molecule has 1 atom stereocenters. The van der Waals surface area contributed by atoms with Crippen LogP contribution in [0.15, 0.2) is 29.4 Å². The van der Waals surface area contributed by atoms with Crippen molar-refractivity contribution in [3.8, 4) is 0 Å². The molecule has 3 heterocycles. The fourth-order valence-corrected chi connectivity index (χ4v) is 2.85. The Morgan fingerprint density at radius 1 is 1.44 bits per heavy atom. The predicted octanol–water partition coefficient (Wildman–Crippen LogP) is 1.50. The molecule has 2 N–H and O–H groups in total. The lowest BCUT2D eigenvalue weighted by Gasteiger charge is -2.12. The van der Waals surface area contributed by atoms with Crippen molar-refractivity contribution in [2.24, 2.45) is 4.99 Å². The summed E-state index contributed by atoms with van der Waals surface area (Å²) in [4.78, 5) is 8.87. The Morgan fingerprint density at radius 3 is 3.12 bits per heavy atom. The molecule has 1 aliphatic rings. The molecule has 0 saturated carbocycles. The van der Waals surface area contributed by atoms with Crippen LogP contribution in [-0.2, 0) is 16.0 Å². The number of pyridine rings is 1. The molecule has 25 heavy (non-hydrogen) atoms. The number of hydrogen-bond acceptors (Lipinski definition) is 4. The smallest absolute Gasteiger partial charge is 0.191 e. The van der Waals surface area contributed by atoms with Gasteiger partial charge in [-0.2, -0.15) is 0 Å². The molecule has 3 rings (SSSR count). The van der Waals surface area contributed by atoms with E-state index in [0.717, 1.165) is 56.5 Å². The minimum Gasteiger partial charge on any atom is -0.379 e. The summed E-state index contributed by atoms with van der Waals surface area (Å²) in [5, 5.41) is 6.60. The second-order valence-electron chi connectivity index (χ2n) is 6.19. The van der Waals surface area contributed by atoms with Crippen LogP contribution in [0.3, 0.4) is 0 Å². The normalized spacial score (nSPS) is 18.0. The van der Waals surface area contributed by atoms with Gasteiger partial charge in [0.25, 0.3) is 0 Å². The number of aliphatic imine (C=N–C) groups is 1. The molecule has 2 aromatic heterocycles. The zero-order valence-electron chi connectivity index (χ0n) is 15.0. The topological polar surface area (TPSA) is 72.2 Å². The maximum absolute atomic E-state index is 5.75. The van der Waals surface area contributed by atoms with E-state index in [-0.39, 0.29) is 6.10 Å². The van der Waals surface area contributed by atoms with Crippen molar-refractivity contribution < 1.29 is 9.47 Å². The summed E-state index contributed by atoms with van der Waals surface area (Å²) in [6.45, 7) is 5.82. The first kappa shape index (κ1) is 17.7. The fraction of sp³-hybridized carbons (Fsp3) is 0.556. The number of rotatable bonds is 7. The summed E-state index contributed by atoms with van der Waals surface area (Å²) < 4.78 is 13.1. The largest absolute Gasteiger partial charge is 0.379 e. The summed E-state index contributed by atoms with van der Waals surface area (Å²) in [5.41, 5.74) is 3.13. The Bertz CT molecular complexity index is 707. The first-order chi connectivity index (χ1) is 12.3.